The van der Waals surface area contributed by atoms with Crippen molar-refractivity contribution in [2.24, 2.45) is 5.92 Å². The summed E-state index contributed by atoms with van der Waals surface area (Å²) in [6.45, 7) is 3.74. The van der Waals surface area contributed by atoms with Crippen molar-refractivity contribution in [3.8, 4) is 6.07 Å². The Balaban J connectivity index is 1.82. The summed E-state index contributed by atoms with van der Waals surface area (Å²) < 4.78 is 12.6. The van der Waals surface area contributed by atoms with Gasteiger partial charge in [0.05, 0.1) is 22.8 Å². The number of nitrogens with two attached hydrogens (primary N) is 1. The molecule has 1 aliphatic rings. The molecule has 0 saturated carbocycles. The first-order valence-electron chi connectivity index (χ1n) is 10.2. The molecule has 2 aromatic heterocycles. The van der Waals surface area contributed by atoms with Crippen LogP contribution in [0.1, 0.15) is 45.2 Å². The van der Waals surface area contributed by atoms with Crippen molar-refractivity contribution in [3.05, 3.63) is 30.1 Å². The lowest BCUT2D eigenvalue weighted by Crippen LogP contribution is -2.41. The molecule has 0 unspecified atom stereocenters. The fourth-order valence-corrected chi connectivity index (χ4v) is 3.99. The number of hydrogen-bond donors (Lipinski definition) is 3. The maximum Gasteiger partial charge on any atom is 0.309 e. The number of esters is 1. The minimum atomic E-state index is -1.88. The van der Waals surface area contributed by atoms with E-state index in [1.807, 2.05) is 19.9 Å². The fraction of sp³-hybridized carbons (Fsp3) is 0.571. The molecule has 0 aliphatic carbocycles. The molecule has 0 bridgehead atoms. The van der Waals surface area contributed by atoms with Crippen LogP contribution in [-0.4, -0.2) is 50.7 Å². The number of anilines is 1. The van der Waals surface area contributed by atoms with Crippen LogP contribution in [0.15, 0.2) is 24.4 Å². The lowest BCUT2D eigenvalue weighted by Gasteiger charge is -2.24. The second-order valence-corrected chi connectivity index (χ2v) is 7.65. The number of aromatic nitrogens is 2. The van der Waals surface area contributed by atoms with E-state index in [4.69, 9.17) is 15.2 Å². The summed E-state index contributed by atoms with van der Waals surface area (Å²) in [5, 5.41) is 35.3. The summed E-state index contributed by atoms with van der Waals surface area (Å²) in [5.74, 6) is -0.577. The Bertz CT molecular complexity index is 933. The predicted molar refractivity (Wildman–Crippen MR) is 108 cm³/mol. The van der Waals surface area contributed by atoms with Gasteiger partial charge in [-0.25, -0.2) is 4.52 Å². The summed E-state index contributed by atoms with van der Waals surface area (Å²) in [4.78, 5) is 12.4. The van der Waals surface area contributed by atoms with Crippen LogP contribution in [0.4, 0.5) is 5.69 Å². The molecule has 4 N–H and O–H groups in total. The molecule has 30 heavy (non-hydrogen) atoms. The molecule has 1 saturated heterocycles. The van der Waals surface area contributed by atoms with E-state index in [1.54, 1.807) is 18.2 Å². The predicted octanol–water partition coefficient (Wildman–Crippen LogP) is 1.52. The fourth-order valence-electron chi connectivity index (χ4n) is 3.99. The van der Waals surface area contributed by atoms with Gasteiger partial charge in [-0.1, -0.05) is 26.7 Å². The Kier molecular flexibility index (Phi) is 6.61. The van der Waals surface area contributed by atoms with Crippen molar-refractivity contribution < 1.29 is 24.5 Å². The Morgan fingerprint density at radius 1 is 1.37 bits per heavy atom. The number of nitrogens with zero attached hydrogens (tertiary/aromatic N) is 3. The lowest BCUT2D eigenvalue weighted by molar-refractivity contribution is -0.156. The molecule has 0 aromatic carbocycles. The highest BCUT2D eigenvalue weighted by Gasteiger charge is 2.57. The van der Waals surface area contributed by atoms with Crippen LogP contribution in [0.5, 0.6) is 0 Å². The zero-order valence-electron chi connectivity index (χ0n) is 17.2. The molecule has 1 aliphatic heterocycles. The van der Waals surface area contributed by atoms with E-state index in [0.717, 1.165) is 25.7 Å². The van der Waals surface area contributed by atoms with Crippen LogP contribution in [-0.2, 0) is 19.9 Å². The summed E-state index contributed by atoms with van der Waals surface area (Å²) in [5.41, 5.74) is 5.30. The number of rotatable bonds is 8. The SMILES string of the molecule is CCCC(CCC)C(=O)OC[C@H]1O[C@@](C#N)(c2ccc3c(N)ccnn23)[C@H](O)[C@@H]1O. The molecule has 3 rings (SSSR count). The first kappa shape index (κ1) is 22.0. The summed E-state index contributed by atoms with van der Waals surface area (Å²) in [6, 6.07) is 6.83. The van der Waals surface area contributed by atoms with Crippen LogP contribution < -0.4 is 5.73 Å². The van der Waals surface area contributed by atoms with Crippen molar-refractivity contribution in [1.82, 2.24) is 9.61 Å². The van der Waals surface area contributed by atoms with Gasteiger partial charge in [-0.15, -0.1) is 0 Å². The van der Waals surface area contributed by atoms with Gasteiger partial charge in [0.1, 0.15) is 31.0 Å². The summed E-state index contributed by atoms with van der Waals surface area (Å²) in [6.07, 6.45) is 0.582. The van der Waals surface area contributed by atoms with Crippen molar-refractivity contribution in [3.63, 3.8) is 0 Å². The van der Waals surface area contributed by atoms with E-state index in [0.29, 0.717) is 11.2 Å². The molecule has 0 radical (unpaired) electrons. The number of fused-ring (bicyclic) bond motifs is 1. The second-order valence-electron chi connectivity index (χ2n) is 7.65. The van der Waals surface area contributed by atoms with Gasteiger partial charge in [0.2, 0.25) is 5.60 Å². The Hall–Kier alpha value is -2.67. The Morgan fingerprint density at radius 3 is 2.70 bits per heavy atom. The molecule has 9 heteroatoms. The standard InChI is InChI=1S/C21H28N4O5/c1-3-5-13(6-4-2)20(28)29-11-16-18(26)19(27)21(12-22,30-16)17-8-7-15-14(23)9-10-24-25(15)17/h7-10,13,16,18-19,26-27H,3-6,11,23H2,1-2H3/t16-,18-,19-,21+/m1/s1. The molecular weight excluding hydrogens is 388 g/mol. The summed E-state index contributed by atoms with van der Waals surface area (Å²) >= 11 is 0. The number of carbonyl (C=O) groups excluding carboxylic acids is 1. The second kappa shape index (κ2) is 9.00. The van der Waals surface area contributed by atoms with Crippen LogP contribution in [0.3, 0.4) is 0 Å². The zero-order valence-corrected chi connectivity index (χ0v) is 17.2. The van der Waals surface area contributed by atoms with E-state index >= 15 is 0 Å². The highest BCUT2D eigenvalue weighted by atomic mass is 16.6. The van der Waals surface area contributed by atoms with E-state index in [1.165, 1.54) is 10.7 Å². The molecule has 4 atom stereocenters. The topological polar surface area (TPSA) is 143 Å². The third-order valence-electron chi connectivity index (χ3n) is 5.59. The van der Waals surface area contributed by atoms with Gasteiger partial charge in [0.25, 0.3) is 0 Å². The first-order chi connectivity index (χ1) is 14.4. The van der Waals surface area contributed by atoms with Gasteiger partial charge in [-0.2, -0.15) is 10.4 Å². The molecular formula is C21H28N4O5. The average molecular weight is 416 g/mol. The molecule has 3 heterocycles. The van der Waals surface area contributed by atoms with Crippen molar-refractivity contribution in [1.29, 1.82) is 5.26 Å². The molecule has 0 spiro atoms. The molecule has 1 fully saturated rings. The van der Waals surface area contributed by atoms with E-state index in [-0.39, 0.29) is 24.2 Å². The molecule has 0 amide bonds. The van der Waals surface area contributed by atoms with Gasteiger partial charge < -0.3 is 25.4 Å². The van der Waals surface area contributed by atoms with E-state index in [2.05, 4.69) is 5.10 Å². The number of aliphatic hydroxyl groups is 2. The lowest BCUT2D eigenvalue weighted by atomic mass is 9.92. The van der Waals surface area contributed by atoms with Gasteiger partial charge in [-0.05, 0) is 31.0 Å². The van der Waals surface area contributed by atoms with Gasteiger partial charge in [0.15, 0.2) is 0 Å². The van der Waals surface area contributed by atoms with Crippen LogP contribution >= 0.6 is 0 Å². The maximum atomic E-state index is 12.4. The van der Waals surface area contributed by atoms with Gasteiger partial charge in [0, 0.05) is 6.20 Å². The summed E-state index contributed by atoms with van der Waals surface area (Å²) in [7, 11) is 0. The number of hydrogen-bond acceptors (Lipinski definition) is 8. The van der Waals surface area contributed by atoms with Crippen molar-refractivity contribution in [2.75, 3.05) is 12.3 Å². The highest BCUT2D eigenvalue weighted by Crippen LogP contribution is 2.40. The smallest absolute Gasteiger partial charge is 0.309 e. The maximum absolute atomic E-state index is 12.4. The quantitative estimate of drug-likeness (QED) is 0.550. The molecule has 2 aromatic rings. The molecule has 9 nitrogen and oxygen atoms in total. The van der Waals surface area contributed by atoms with Gasteiger partial charge in [-0.3, -0.25) is 4.79 Å². The monoisotopic (exact) mass is 416 g/mol. The third-order valence-corrected chi connectivity index (χ3v) is 5.59. The van der Waals surface area contributed by atoms with Crippen LogP contribution in [0.25, 0.3) is 5.52 Å². The number of nitriles is 1. The largest absolute Gasteiger partial charge is 0.463 e. The van der Waals surface area contributed by atoms with Gasteiger partial charge >= 0.3 is 5.97 Å². The third kappa shape index (κ3) is 3.74. The number of carbonyl (C=O) groups is 1. The minimum absolute atomic E-state index is 0.217. The van der Waals surface area contributed by atoms with E-state index in [9.17, 15) is 20.3 Å². The van der Waals surface area contributed by atoms with Crippen LogP contribution in [0, 0.1) is 17.2 Å². The molecule has 162 valence electrons. The van der Waals surface area contributed by atoms with Crippen molar-refractivity contribution >= 4 is 17.2 Å². The number of ether oxygens (including phenoxy) is 2. The number of aliphatic hydroxyl groups excluding tert-OH is 2. The average Bonchev–Trinajstić information content (AvgIpc) is 3.28. The van der Waals surface area contributed by atoms with Crippen molar-refractivity contribution in [2.45, 2.75) is 63.4 Å². The Labute approximate surface area is 175 Å². The first-order valence-corrected chi connectivity index (χ1v) is 10.2. The minimum Gasteiger partial charge on any atom is -0.463 e. The Morgan fingerprint density at radius 2 is 2.07 bits per heavy atom. The highest BCUT2D eigenvalue weighted by molar-refractivity contribution is 5.72. The van der Waals surface area contributed by atoms with Crippen LogP contribution in [0.2, 0.25) is 0 Å². The zero-order chi connectivity index (χ0) is 21.9. The normalized spacial score (nSPS) is 26.2. The van der Waals surface area contributed by atoms with E-state index < -0.39 is 23.9 Å². The number of nitrogen functional groups attached to an aromatic ring is 1.